The normalized spacial score (nSPS) is 35.1. The molecule has 1 aromatic rings. The van der Waals surface area contributed by atoms with Gasteiger partial charge in [-0.15, -0.1) is 0 Å². The van der Waals surface area contributed by atoms with Gasteiger partial charge in [-0.25, -0.2) is 4.98 Å². The predicted octanol–water partition coefficient (Wildman–Crippen LogP) is 3.49. The van der Waals surface area contributed by atoms with E-state index in [0.29, 0.717) is 23.0 Å². The summed E-state index contributed by atoms with van der Waals surface area (Å²) in [5.74, 6) is 1.05. The second kappa shape index (κ2) is 6.91. The van der Waals surface area contributed by atoms with E-state index in [0.717, 1.165) is 26.3 Å². The van der Waals surface area contributed by atoms with Crippen molar-refractivity contribution < 1.29 is 9.47 Å². The third-order valence-corrected chi connectivity index (χ3v) is 6.66. The molecule has 3 heterocycles. The number of ether oxygens (including phenoxy) is 2. The number of halogens is 1. The largest absolute Gasteiger partial charge is 0.381 e. The minimum atomic E-state index is -0.202. The molecule has 4 nitrogen and oxygen atoms in total. The first kappa shape index (κ1) is 16.8. The molecule has 132 valence electrons. The summed E-state index contributed by atoms with van der Waals surface area (Å²) >= 11 is 6.20. The van der Waals surface area contributed by atoms with Crippen LogP contribution in [0.25, 0.3) is 0 Å². The molecule has 0 N–H and O–H groups in total. The van der Waals surface area contributed by atoms with Crippen LogP contribution in [0.1, 0.15) is 37.7 Å². The Morgan fingerprint density at radius 3 is 2.54 bits per heavy atom. The molecule has 1 aliphatic carbocycles. The van der Waals surface area contributed by atoms with Crippen LogP contribution in [0.2, 0.25) is 5.15 Å². The second-order valence-electron chi connectivity index (χ2n) is 7.49. The molecule has 0 aromatic carbocycles. The number of nitrogens with zero attached hydrogens (tertiary/aromatic N) is 2. The van der Waals surface area contributed by atoms with Crippen molar-refractivity contribution in [3.63, 3.8) is 0 Å². The molecule has 2 aliphatic heterocycles. The van der Waals surface area contributed by atoms with E-state index in [2.05, 4.69) is 16.0 Å². The van der Waals surface area contributed by atoms with Crippen LogP contribution in [-0.4, -0.2) is 49.3 Å². The van der Waals surface area contributed by atoms with Gasteiger partial charge in [-0.2, -0.15) is 0 Å². The SMILES string of the molecule is COC1(c2ccnc(Cl)c2)[C@@H]2CCC[C@H]1CN(C1CCOCC1)C2. The van der Waals surface area contributed by atoms with E-state index in [1.54, 1.807) is 0 Å². The monoisotopic (exact) mass is 350 g/mol. The second-order valence-corrected chi connectivity index (χ2v) is 7.87. The van der Waals surface area contributed by atoms with Gasteiger partial charge in [0.15, 0.2) is 0 Å². The smallest absolute Gasteiger partial charge is 0.129 e. The summed E-state index contributed by atoms with van der Waals surface area (Å²) in [6, 6.07) is 4.79. The molecular weight excluding hydrogens is 324 g/mol. The first-order chi connectivity index (χ1) is 11.7. The van der Waals surface area contributed by atoms with Crippen molar-refractivity contribution in [3.05, 3.63) is 29.0 Å². The van der Waals surface area contributed by atoms with Gasteiger partial charge < -0.3 is 9.47 Å². The van der Waals surface area contributed by atoms with Crippen LogP contribution < -0.4 is 0 Å². The molecule has 5 heteroatoms. The Balaban J connectivity index is 1.64. The maximum atomic E-state index is 6.28. The minimum absolute atomic E-state index is 0.202. The molecular formula is C19H27ClN2O2. The molecule has 2 saturated heterocycles. The van der Waals surface area contributed by atoms with Crippen molar-refractivity contribution in [3.8, 4) is 0 Å². The summed E-state index contributed by atoms with van der Waals surface area (Å²) < 4.78 is 11.8. The van der Waals surface area contributed by atoms with E-state index in [-0.39, 0.29) is 5.60 Å². The maximum Gasteiger partial charge on any atom is 0.129 e. The predicted molar refractivity (Wildman–Crippen MR) is 94.2 cm³/mol. The van der Waals surface area contributed by atoms with Crippen LogP contribution in [0, 0.1) is 11.8 Å². The van der Waals surface area contributed by atoms with E-state index in [4.69, 9.17) is 21.1 Å². The van der Waals surface area contributed by atoms with Crippen LogP contribution in [0.5, 0.6) is 0 Å². The lowest BCUT2D eigenvalue weighted by Gasteiger charge is -2.57. The van der Waals surface area contributed by atoms with Crippen LogP contribution in [0.4, 0.5) is 0 Å². The van der Waals surface area contributed by atoms with Crippen LogP contribution >= 0.6 is 11.6 Å². The van der Waals surface area contributed by atoms with Crippen molar-refractivity contribution in [2.24, 2.45) is 11.8 Å². The number of likely N-dealkylation sites (tertiary alicyclic amines) is 1. The molecule has 3 fully saturated rings. The van der Waals surface area contributed by atoms with Gasteiger partial charge in [-0.1, -0.05) is 18.0 Å². The standard InChI is InChI=1S/C19H27ClN2O2/c1-23-19(14-5-8-21-18(20)11-14)15-3-2-4-16(19)13-22(12-15)17-6-9-24-10-7-17/h5,8,11,15-17H,2-4,6-7,9-10,12-13H2,1H3/t15-,16+,19?. The fraction of sp³-hybridized carbons (Fsp3) is 0.737. The highest BCUT2D eigenvalue weighted by atomic mass is 35.5. The van der Waals surface area contributed by atoms with Gasteiger partial charge in [0.1, 0.15) is 10.8 Å². The maximum absolute atomic E-state index is 6.28. The zero-order valence-corrected chi connectivity index (χ0v) is 15.2. The summed E-state index contributed by atoms with van der Waals surface area (Å²) in [5, 5.41) is 0.564. The van der Waals surface area contributed by atoms with Gasteiger partial charge in [0, 0.05) is 57.5 Å². The van der Waals surface area contributed by atoms with Crippen molar-refractivity contribution in [1.29, 1.82) is 0 Å². The molecule has 1 unspecified atom stereocenters. The molecule has 1 saturated carbocycles. The lowest BCUT2D eigenvalue weighted by Crippen LogP contribution is -2.61. The molecule has 2 bridgehead atoms. The Morgan fingerprint density at radius 1 is 1.21 bits per heavy atom. The zero-order valence-electron chi connectivity index (χ0n) is 14.4. The molecule has 3 aliphatic rings. The number of aromatic nitrogens is 1. The summed E-state index contributed by atoms with van der Waals surface area (Å²) in [5.41, 5.74) is 1.01. The lowest BCUT2D eigenvalue weighted by atomic mass is 9.62. The van der Waals surface area contributed by atoms with Crippen molar-refractivity contribution in [2.75, 3.05) is 33.4 Å². The Hall–Kier alpha value is -0.680. The number of pyridine rings is 1. The van der Waals surface area contributed by atoms with Gasteiger partial charge in [0.2, 0.25) is 0 Å². The van der Waals surface area contributed by atoms with Gasteiger partial charge >= 0.3 is 0 Å². The van der Waals surface area contributed by atoms with E-state index in [9.17, 15) is 0 Å². The number of methoxy groups -OCH3 is 1. The third-order valence-electron chi connectivity index (χ3n) is 6.45. The van der Waals surface area contributed by atoms with Gasteiger partial charge in [0.25, 0.3) is 0 Å². The Kier molecular flexibility index (Phi) is 4.83. The molecule has 0 amide bonds. The number of piperidine rings is 1. The number of hydrogen-bond donors (Lipinski definition) is 0. The van der Waals surface area contributed by atoms with Crippen molar-refractivity contribution in [2.45, 2.75) is 43.7 Å². The first-order valence-electron chi connectivity index (χ1n) is 9.23. The molecule has 0 spiro atoms. The van der Waals surface area contributed by atoms with E-state index in [1.807, 2.05) is 19.4 Å². The number of rotatable bonds is 3. The van der Waals surface area contributed by atoms with E-state index in [1.165, 1.54) is 37.7 Å². The molecule has 24 heavy (non-hydrogen) atoms. The molecule has 3 atom stereocenters. The fourth-order valence-corrected chi connectivity index (χ4v) is 5.56. The number of hydrogen-bond acceptors (Lipinski definition) is 4. The minimum Gasteiger partial charge on any atom is -0.381 e. The van der Waals surface area contributed by atoms with Crippen molar-refractivity contribution >= 4 is 11.6 Å². The highest BCUT2D eigenvalue weighted by Gasteiger charge is 2.54. The first-order valence-corrected chi connectivity index (χ1v) is 9.61. The Labute approximate surface area is 149 Å². The topological polar surface area (TPSA) is 34.6 Å². The highest BCUT2D eigenvalue weighted by Crippen LogP contribution is 2.52. The fourth-order valence-electron chi connectivity index (χ4n) is 5.38. The van der Waals surface area contributed by atoms with Gasteiger partial charge in [-0.05, 0) is 43.4 Å². The zero-order chi connectivity index (χ0) is 16.6. The summed E-state index contributed by atoms with van der Waals surface area (Å²) in [6.45, 7) is 4.06. The molecule has 0 radical (unpaired) electrons. The van der Waals surface area contributed by atoms with Crippen LogP contribution in [0.3, 0.4) is 0 Å². The quantitative estimate of drug-likeness (QED) is 0.782. The number of fused-ring (bicyclic) bond motifs is 2. The van der Waals surface area contributed by atoms with E-state index < -0.39 is 0 Å². The van der Waals surface area contributed by atoms with Crippen molar-refractivity contribution in [1.82, 2.24) is 9.88 Å². The average molecular weight is 351 g/mol. The average Bonchev–Trinajstić information content (AvgIpc) is 2.61. The third kappa shape index (κ3) is 2.78. The van der Waals surface area contributed by atoms with Crippen LogP contribution in [-0.2, 0) is 15.1 Å². The van der Waals surface area contributed by atoms with E-state index >= 15 is 0 Å². The summed E-state index contributed by atoms with van der Waals surface area (Å²) in [4.78, 5) is 6.89. The highest BCUT2D eigenvalue weighted by molar-refractivity contribution is 6.29. The summed E-state index contributed by atoms with van der Waals surface area (Å²) in [6.07, 6.45) is 7.91. The Morgan fingerprint density at radius 2 is 1.92 bits per heavy atom. The lowest BCUT2D eigenvalue weighted by molar-refractivity contribution is -0.177. The van der Waals surface area contributed by atoms with Gasteiger partial charge in [-0.3, -0.25) is 4.90 Å². The van der Waals surface area contributed by atoms with Gasteiger partial charge in [0.05, 0.1) is 0 Å². The van der Waals surface area contributed by atoms with Crippen LogP contribution in [0.15, 0.2) is 18.3 Å². The summed E-state index contributed by atoms with van der Waals surface area (Å²) in [7, 11) is 1.88. The molecule has 1 aromatic heterocycles. The molecule has 4 rings (SSSR count). The Bertz CT molecular complexity index is 562.